The van der Waals surface area contributed by atoms with E-state index in [-0.39, 0.29) is 33.8 Å². The molecular formula is C27H42N4O7S2. The van der Waals surface area contributed by atoms with E-state index in [4.69, 9.17) is 4.74 Å². The summed E-state index contributed by atoms with van der Waals surface area (Å²) in [5.41, 5.74) is -0.688. The number of likely N-dealkylation sites (tertiary alicyclic amines) is 2. The molecule has 3 saturated heterocycles. The van der Waals surface area contributed by atoms with Gasteiger partial charge in [0.1, 0.15) is 5.60 Å². The van der Waals surface area contributed by atoms with Gasteiger partial charge in [-0.25, -0.2) is 21.6 Å². The third-order valence-electron chi connectivity index (χ3n) is 7.99. The van der Waals surface area contributed by atoms with E-state index < -0.39 is 31.6 Å². The third-order valence-corrected chi connectivity index (χ3v) is 11.9. The first-order valence-electron chi connectivity index (χ1n) is 14.0. The van der Waals surface area contributed by atoms with Crippen molar-refractivity contribution < 1.29 is 31.2 Å². The third kappa shape index (κ3) is 6.17. The predicted octanol–water partition coefficient (Wildman–Crippen LogP) is 2.59. The molecule has 0 N–H and O–H groups in total. The Balaban J connectivity index is 1.36. The van der Waals surface area contributed by atoms with Crippen LogP contribution in [0.15, 0.2) is 34.1 Å². The van der Waals surface area contributed by atoms with Crippen LogP contribution < -0.4 is 0 Å². The molecule has 3 aliphatic rings. The Morgan fingerprint density at radius 3 is 2.10 bits per heavy atom. The van der Waals surface area contributed by atoms with Gasteiger partial charge in [0.25, 0.3) is 0 Å². The van der Waals surface area contributed by atoms with Gasteiger partial charge in [-0.05, 0) is 64.3 Å². The number of benzene rings is 1. The topological polar surface area (TPSA) is 125 Å². The number of hydrogen-bond acceptors (Lipinski definition) is 7. The molecule has 0 aromatic heterocycles. The Kier molecular flexibility index (Phi) is 8.62. The Morgan fingerprint density at radius 1 is 0.950 bits per heavy atom. The van der Waals surface area contributed by atoms with E-state index in [0.717, 1.165) is 6.42 Å². The van der Waals surface area contributed by atoms with Crippen molar-refractivity contribution >= 4 is 32.0 Å². The second-order valence-electron chi connectivity index (χ2n) is 12.1. The van der Waals surface area contributed by atoms with Gasteiger partial charge in [-0.2, -0.15) is 8.61 Å². The molecule has 4 rings (SSSR count). The Labute approximate surface area is 238 Å². The summed E-state index contributed by atoms with van der Waals surface area (Å²) < 4.78 is 60.5. The molecule has 1 atom stereocenters. The van der Waals surface area contributed by atoms with E-state index in [1.807, 2.05) is 20.8 Å². The molecule has 0 bridgehead atoms. The predicted molar refractivity (Wildman–Crippen MR) is 149 cm³/mol. The second kappa shape index (κ2) is 11.2. The summed E-state index contributed by atoms with van der Waals surface area (Å²) in [7, 11) is -7.59. The monoisotopic (exact) mass is 598 g/mol. The Morgan fingerprint density at radius 2 is 1.52 bits per heavy atom. The van der Waals surface area contributed by atoms with E-state index in [1.165, 1.54) is 32.9 Å². The number of nitrogens with zero attached hydrogens (tertiary/aromatic N) is 4. The number of ether oxygens (including phenoxy) is 1. The number of carbonyl (C=O) groups is 2. The highest BCUT2D eigenvalue weighted by molar-refractivity contribution is 7.89. The molecule has 2 amide bonds. The van der Waals surface area contributed by atoms with Crippen molar-refractivity contribution in [1.82, 2.24) is 18.4 Å². The fourth-order valence-electron chi connectivity index (χ4n) is 5.86. The molecule has 3 heterocycles. The van der Waals surface area contributed by atoms with Gasteiger partial charge in [0.05, 0.1) is 15.7 Å². The van der Waals surface area contributed by atoms with Crippen molar-refractivity contribution in [3.05, 3.63) is 24.3 Å². The average Bonchev–Trinajstić information content (AvgIpc) is 3.33. The van der Waals surface area contributed by atoms with E-state index in [0.29, 0.717) is 58.7 Å². The molecule has 0 unspecified atom stereocenters. The van der Waals surface area contributed by atoms with Crippen molar-refractivity contribution in [3.8, 4) is 0 Å². The maximum atomic E-state index is 13.4. The minimum atomic E-state index is -3.89. The summed E-state index contributed by atoms with van der Waals surface area (Å²) in [4.78, 5) is 29.3. The normalized spacial score (nSPS) is 22.0. The second-order valence-corrected chi connectivity index (χ2v) is 16.0. The number of rotatable bonds is 7. The minimum absolute atomic E-state index is 0.00943. The summed E-state index contributed by atoms with van der Waals surface area (Å²) in [5, 5.41) is 0. The molecule has 1 spiro atoms. The fourth-order valence-corrected chi connectivity index (χ4v) is 8.84. The number of sulfonamides is 2. The maximum Gasteiger partial charge on any atom is 0.410 e. The van der Waals surface area contributed by atoms with Crippen molar-refractivity contribution in [1.29, 1.82) is 0 Å². The summed E-state index contributed by atoms with van der Waals surface area (Å²) in [6.07, 6.45) is 1.65. The van der Waals surface area contributed by atoms with Gasteiger partial charge in [-0.15, -0.1) is 0 Å². The maximum absolute atomic E-state index is 13.4. The molecule has 3 fully saturated rings. The number of amides is 2. The van der Waals surface area contributed by atoms with Crippen molar-refractivity contribution in [2.24, 2.45) is 11.3 Å². The lowest BCUT2D eigenvalue weighted by atomic mass is 9.78. The SMILES string of the molecule is CCN(CC)S(=O)(=O)c1ccc(S(=O)(=O)N2CCC[C@@H](C(=O)N3CC4(CCN(C(=O)OC(C)(C)C)C4)C3)C2)cc1. The zero-order chi connectivity index (χ0) is 29.5. The Bertz CT molecular complexity index is 1310. The molecule has 0 radical (unpaired) electrons. The first kappa shape index (κ1) is 30.7. The molecule has 1 aromatic carbocycles. The van der Waals surface area contributed by atoms with Crippen LogP contribution in [0.3, 0.4) is 0 Å². The van der Waals surface area contributed by atoms with E-state index >= 15 is 0 Å². The largest absolute Gasteiger partial charge is 0.444 e. The summed E-state index contributed by atoms with van der Waals surface area (Å²) in [5.74, 6) is -0.492. The number of piperidine rings is 1. The number of hydrogen-bond donors (Lipinski definition) is 0. The first-order chi connectivity index (χ1) is 18.6. The summed E-state index contributed by atoms with van der Waals surface area (Å²) in [6.45, 7) is 12.3. The molecule has 3 aliphatic heterocycles. The van der Waals surface area contributed by atoms with E-state index in [2.05, 4.69) is 0 Å². The van der Waals surface area contributed by atoms with Gasteiger partial charge in [-0.3, -0.25) is 4.79 Å². The van der Waals surface area contributed by atoms with Crippen LogP contribution in [0.4, 0.5) is 4.79 Å². The van der Waals surface area contributed by atoms with Gasteiger partial charge in [0.2, 0.25) is 26.0 Å². The van der Waals surface area contributed by atoms with Crippen molar-refractivity contribution in [3.63, 3.8) is 0 Å². The smallest absolute Gasteiger partial charge is 0.410 e. The van der Waals surface area contributed by atoms with Crippen LogP contribution in [0.25, 0.3) is 0 Å². The molecular weight excluding hydrogens is 556 g/mol. The van der Waals surface area contributed by atoms with Crippen LogP contribution in [0.2, 0.25) is 0 Å². The van der Waals surface area contributed by atoms with Crippen LogP contribution in [-0.2, 0) is 29.6 Å². The summed E-state index contributed by atoms with van der Waals surface area (Å²) >= 11 is 0. The van der Waals surface area contributed by atoms with E-state index in [1.54, 1.807) is 23.6 Å². The molecule has 40 heavy (non-hydrogen) atoms. The lowest BCUT2D eigenvalue weighted by Gasteiger charge is -2.49. The molecule has 13 heteroatoms. The van der Waals surface area contributed by atoms with Crippen LogP contribution >= 0.6 is 0 Å². The highest BCUT2D eigenvalue weighted by atomic mass is 32.2. The Hall–Kier alpha value is -2.22. The highest BCUT2D eigenvalue weighted by Crippen LogP contribution is 2.41. The summed E-state index contributed by atoms with van der Waals surface area (Å²) in [6, 6.07) is 5.31. The molecule has 1 aromatic rings. The average molecular weight is 599 g/mol. The van der Waals surface area contributed by atoms with Gasteiger partial charge >= 0.3 is 6.09 Å². The van der Waals surface area contributed by atoms with Gasteiger partial charge in [0.15, 0.2) is 0 Å². The van der Waals surface area contributed by atoms with E-state index in [9.17, 15) is 26.4 Å². The van der Waals surface area contributed by atoms with Crippen molar-refractivity contribution in [2.45, 2.75) is 69.3 Å². The van der Waals surface area contributed by atoms with Crippen LogP contribution in [0.5, 0.6) is 0 Å². The molecule has 11 nitrogen and oxygen atoms in total. The standard InChI is InChI=1S/C27H42N4O7S2/c1-6-30(7-2)39(34,35)22-10-12-23(13-11-22)40(36,37)31-15-8-9-21(17-31)24(32)29-19-27(20-29)14-16-28(18-27)25(33)38-26(3,4)5/h10-13,21H,6-9,14-20H2,1-5H3/t21-/m1/s1. The van der Waals surface area contributed by atoms with Crippen molar-refractivity contribution in [2.75, 3.05) is 52.4 Å². The first-order valence-corrected chi connectivity index (χ1v) is 16.9. The molecule has 0 aliphatic carbocycles. The van der Waals surface area contributed by atoms with Crippen LogP contribution in [-0.4, -0.2) is 105 Å². The van der Waals surface area contributed by atoms with Gasteiger partial charge in [-0.1, -0.05) is 13.8 Å². The van der Waals surface area contributed by atoms with Gasteiger partial charge in [0, 0.05) is 57.8 Å². The van der Waals surface area contributed by atoms with Crippen LogP contribution in [0, 0.1) is 11.3 Å². The number of carbonyl (C=O) groups excluding carboxylic acids is 2. The lowest BCUT2D eigenvalue weighted by Crippen LogP contribution is -2.62. The highest BCUT2D eigenvalue weighted by Gasteiger charge is 2.52. The zero-order valence-corrected chi connectivity index (χ0v) is 25.8. The van der Waals surface area contributed by atoms with Crippen LogP contribution in [0.1, 0.15) is 53.9 Å². The molecule has 224 valence electrons. The quantitative estimate of drug-likeness (QED) is 0.473. The zero-order valence-electron chi connectivity index (χ0n) is 24.1. The lowest BCUT2D eigenvalue weighted by molar-refractivity contribution is -0.148. The minimum Gasteiger partial charge on any atom is -0.444 e. The molecule has 0 saturated carbocycles. The van der Waals surface area contributed by atoms with Gasteiger partial charge < -0.3 is 14.5 Å². The fraction of sp³-hybridized carbons (Fsp3) is 0.704.